The van der Waals surface area contributed by atoms with Gasteiger partial charge in [-0.1, -0.05) is 48.0 Å². The minimum absolute atomic E-state index is 0.228. The van der Waals surface area contributed by atoms with E-state index in [-0.39, 0.29) is 5.78 Å². The summed E-state index contributed by atoms with van der Waals surface area (Å²) in [5.41, 5.74) is 6.96. The third-order valence-electron chi connectivity index (χ3n) is 6.58. The number of nitrogens with zero attached hydrogens (tertiary/aromatic N) is 3. The van der Waals surface area contributed by atoms with E-state index >= 15 is 0 Å². The summed E-state index contributed by atoms with van der Waals surface area (Å²) in [6.45, 7) is 0. The van der Waals surface area contributed by atoms with Crippen LogP contribution in [0, 0.1) is 16.7 Å². The summed E-state index contributed by atoms with van der Waals surface area (Å²) < 4.78 is 0. The zero-order chi connectivity index (χ0) is 23.2. The molecule has 0 spiro atoms. The maximum Gasteiger partial charge on any atom is 0.241 e. The number of ketones is 1. The molecule has 2 aliphatic heterocycles. The summed E-state index contributed by atoms with van der Waals surface area (Å²) in [6.07, 6.45) is 6.88. The van der Waals surface area contributed by atoms with Crippen LogP contribution in [0.15, 0.2) is 79.1 Å². The monoisotopic (exact) mass is 454 g/mol. The Labute approximate surface area is 195 Å². The number of rotatable bonds is 4. The fourth-order valence-corrected chi connectivity index (χ4v) is 5.27. The molecule has 3 aromatic rings. The number of nitriles is 1. The SMILES string of the molecule is N#C[C@]1(C(N)=O)[C@H](c2cccnc2)[C@@H](C(=O)c2ccc(Cl)cc2)N2c3ccccc3C=C[C@H]21. The minimum Gasteiger partial charge on any atom is -0.368 e. The molecular weight excluding hydrogens is 436 g/mol. The second-order valence-electron chi connectivity index (χ2n) is 8.20. The Balaban J connectivity index is 1.80. The van der Waals surface area contributed by atoms with Crippen molar-refractivity contribution >= 4 is 35.1 Å². The van der Waals surface area contributed by atoms with Gasteiger partial charge in [-0.05, 0) is 47.5 Å². The van der Waals surface area contributed by atoms with E-state index in [2.05, 4.69) is 11.1 Å². The highest BCUT2D eigenvalue weighted by atomic mass is 35.5. The molecule has 2 N–H and O–H groups in total. The van der Waals surface area contributed by atoms with Crippen LogP contribution in [0.4, 0.5) is 5.69 Å². The normalized spacial score (nSPS) is 25.1. The van der Waals surface area contributed by atoms with E-state index in [9.17, 15) is 14.9 Å². The van der Waals surface area contributed by atoms with Crippen LogP contribution in [0.1, 0.15) is 27.4 Å². The number of carbonyl (C=O) groups excluding carboxylic acids is 2. The van der Waals surface area contributed by atoms with Crippen molar-refractivity contribution in [1.82, 2.24) is 4.98 Å². The highest BCUT2D eigenvalue weighted by Crippen LogP contribution is 2.55. The second kappa shape index (κ2) is 7.88. The first kappa shape index (κ1) is 20.9. The number of primary amides is 1. The van der Waals surface area contributed by atoms with E-state index < -0.39 is 29.3 Å². The minimum atomic E-state index is -1.68. The van der Waals surface area contributed by atoms with Gasteiger partial charge in [0.25, 0.3) is 0 Å². The molecule has 7 heteroatoms. The lowest BCUT2D eigenvalue weighted by Gasteiger charge is -2.36. The number of hydrogen-bond donors (Lipinski definition) is 1. The zero-order valence-corrected chi connectivity index (χ0v) is 18.2. The Bertz CT molecular complexity index is 1320. The van der Waals surface area contributed by atoms with Crippen LogP contribution in [0.5, 0.6) is 0 Å². The summed E-state index contributed by atoms with van der Waals surface area (Å²) in [5.74, 6) is -1.84. The van der Waals surface area contributed by atoms with Crippen molar-refractivity contribution in [2.75, 3.05) is 4.90 Å². The lowest BCUT2D eigenvalue weighted by molar-refractivity contribution is -0.125. The summed E-state index contributed by atoms with van der Waals surface area (Å²) in [4.78, 5) is 33.2. The lowest BCUT2D eigenvalue weighted by atomic mass is 9.68. The highest BCUT2D eigenvalue weighted by molar-refractivity contribution is 6.30. The zero-order valence-electron chi connectivity index (χ0n) is 17.4. The van der Waals surface area contributed by atoms with Gasteiger partial charge in [0.1, 0.15) is 6.04 Å². The number of benzene rings is 2. The number of fused-ring (bicyclic) bond motifs is 3. The molecule has 2 aromatic carbocycles. The topological polar surface area (TPSA) is 100 Å². The van der Waals surface area contributed by atoms with Crippen molar-refractivity contribution in [2.45, 2.75) is 18.0 Å². The lowest BCUT2D eigenvalue weighted by Crippen LogP contribution is -2.49. The molecule has 2 aliphatic rings. The van der Waals surface area contributed by atoms with Crippen molar-refractivity contribution in [1.29, 1.82) is 5.26 Å². The molecule has 0 bridgehead atoms. The molecule has 1 amide bonds. The number of anilines is 1. The van der Waals surface area contributed by atoms with Crippen LogP contribution in [0.2, 0.25) is 5.02 Å². The Kier molecular flexibility index (Phi) is 4.99. The first-order valence-electron chi connectivity index (χ1n) is 10.5. The van der Waals surface area contributed by atoms with Crippen molar-refractivity contribution in [3.05, 3.63) is 101 Å². The number of amides is 1. The Morgan fingerprint density at radius 2 is 1.85 bits per heavy atom. The first-order valence-corrected chi connectivity index (χ1v) is 10.8. The molecule has 0 radical (unpaired) electrons. The molecule has 33 heavy (non-hydrogen) atoms. The molecule has 4 atom stereocenters. The summed E-state index contributed by atoms with van der Waals surface area (Å²) in [6, 6.07) is 18.4. The maximum absolute atomic E-state index is 14.0. The molecule has 1 fully saturated rings. The van der Waals surface area contributed by atoms with Gasteiger partial charge in [-0.25, -0.2) is 0 Å². The molecule has 0 unspecified atom stereocenters. The molecule has 0 saturated carbocycles. The number of pyridine rings is 1. The van der Waals surface area contributed by atoms with E-state index in [0.717, 1.165) is 11.3 Å². The van der Waals surface area contributed by atoms with Crippen LogP contribution in [-0.2, 0) is 4.79 Å². The molecule has 1 saturated heterocycles. The fraction of sp³-hybridized carbons (Fsp3) is 0.154. The largest absolute Gasteiger partial charge is 0.368 e. The number of para-hydroxylation sites is 1. The number of aromatic nitrogens is 1. The molecule has 162 valence electrons. The molecule has 1 aromatic heterocycles. The Hall–Kier alpha value is -3.95. The number of carbonyl (C=O) groups is 2. The van der Waals surface area contributed by atoms with Crippen molar-refractivity contribution in [3.8, 4) is 6.07 Å². The van der Waals surface area contributed by atoms with Gasteiger partial charge in [-0.2, -0.15) is 5.26 Å². The van der Waals surface area contributed by atoms with Gasteiger partial charge in [0.2, 0.25) is 5.91 Å². The van der Waals surface area contributed by atoms with E-state index in [4.69, 9.17) is 17.3 Å². The number of hydrogen-bond acceptors (Lipinski definition) is 5. The third-order valence-corrected chi connectivity index (χ3v) is 6.83. The summed E-state index contributed by atoms with van der Waals surface area (Å²) in [5, 5.41) is 11.0. The summed E-state index contributed by atoms with van der Waals surface area (Å²) >= 11 is 6.04. The van der Waals surface area contributed by atoms with E-state index in [1.807, 2.05) is 35.2 Å². The van der Waals surface area contributed by atoms with Gasteiger partial charge >= 0.3 is 0 Å². The van der Waals surface area contributed by atoms with Crippen molar-refractivity contribution in [2.24, 2.45) is 11.1 Å². The van der Waals surface area contributed by atoms with Crippen LogP contribution in [0.3, 0.4) is 0 Å². The predicted octanol–water partition coefficient (Wildman–Crippen LogP) is 3.98. The van der Waals surface area contributed by atoms with Crippen LogP contribution in [-0.4, -0.2) is 28.8 Å². The quantitative estimate of drug-likeness (QED) is 0.601. The van der Waals surface area contributed by atoms with Crippen molar-refractivity contribution in [3.63, 3.8) is 0 Å². The fourth-order valence-electron chi connectivity index (χ4n) is 5.15. The standard InChI is InChI=1S/C26H19ClN4O2/c27-19-10-7-17(8-11-19)24(32)23-22(18-5-3-13-30-14-18)26(15-28,25(29)33)21-12-9-16-4-1-2-6-20(16)31(21)23/h1-14,21-23H,(H2,29,33)/t21-,22+,23-,26+/m0/s1. The predicted molar refractivity (Wildman–Crippen MR) is 126 cm³/mol. The Morgan fingerprint density at radius 1 is 1.09 bits per heavy atom. The molecule has 0 aliphatic carbocycles. The molecule has 6 nitrogen and oxygen atoms in total. The molecular formula is C26H19ClN4O2. The van der Waals surface area contributed by atoms with Gasteiger partial charge in [0.05, 0.1) is 12.1 Å². The van der Waals surface area contributed by atoms with Gasteiger partial charge < -0.3 is 10.6 Å². The second-order valence-corrected chi connectivity index (χ2v) is 8.63. The van der Waals surface area contributed by atoms with Gasteiger partial charge in [-0.3, -0.25) is 14.6 Å². The number of halogens is 1. The van der Waals surface area contributed by atoms with E-state index in [0.29, 0.717) is 16.1 Å². The van der Waals surface area contributed by atoms with Crippen molar-refractivity contribution < 1.29 is 9.59 Å². The first-order chi connectivity index (χ1) is 16.0. The molecule has 5 rings (SSSR count). The van der Waals surface area contributed by atoms with Gasteiger partial charge in [0.15, 0.2) is 11.2 Å². The summed E-state index contributed by atoms with van der Waals surface area (Å²) in [7, 11) is 0. The average molecular weight is 455 g/mol. The highest BCUT2D eigenvalue weighted by Gasteiger charge is 2.65. The van der Waals surface area contributed by atoms with Crippen LogP contribution in [0.25, 0.3) is 6.08 Å². The number of Topliss-reactive ketones (excluding diaryl/α,β-unsaturated/α-hetero) is 1. The maximum atomic E-state index is 14.0. The van der Waals surface area contributed by atoms with Crippen LogP contribution >= 0.6 is 11.6 Å². The smallest absolute Gasteiger partial charge is 0.241 e. The number of nitrogens with two attached hydrogens (primary N) is 1. The van der Waals surface area contributed by atoms with E-state index in [1.165, 1.54) is 0 Å². The van der Waals surface area contributed by atoms with Gasteiger partial charge in [0, 0.05) is 34.6 Å². The van der Waals surface area contributed by atoms with E-state index in [1.54, 1.807) is 54.9 Å². The molecule has 3 heterocycles. The Morgan fingerprint density at radius 3 is 2.52 bits per heavy atom. The third kappa shape index (κ3) is 3.05. The van der Waals surface area contributed by atoms with Crippen LogP contribution < -0.4 is 10.6 Å². The van der Waals surface area contributed by atoms with Gasteiger partial charge in [-0.15, -0.1) is 0 Å². The average Bonchev–Trinajstić information content (AvgIpc) is 3.16.